The van der Waals surface area contributed by atoms with Crippen LogP contribution >= 0.6 is 0 Å². The number of aliphatic carboxylic acids is 1. The fraction of sp³-hybridized carbons (Fsp3) is 0.500. The molecule has 29 heavy (non-hydrogen) atoms. The number of nitrogens with one attached hydrogen (secondary N) is 2. The molecule has 0 aromatic heterocycles. The highest BCUT2D eigenvalue weighted by Crippen LogP contribution is 2.28. The van der Waals surface area contributed by atoms with Crippen molar-refractivity contribution in [1.82, 2.24) is 10.2 Å². The van der Waals surface area contributed by atoms with Crippen LogP contribution in [0.2, 0.25) is 0 Å². The number of benzene rings is 1. The van der Waals surface area contributed by atoms with Crippen molar-refractivity contribution in [2.75, 3.05) is 56.2 Å². The van der Waals surface area contributed by atoms with Gasteiger partial charge in [-0.1, -0.05) is 0 Å². The first-order valence-corrected chi connectivity index (χ1v) is 10.2. The van der Waals surface area contributed by atoms with Gasteiger partial charge in [0.15, 0.2) is 0 Å². The predicted octanol–water partition coefficient (Wildman–Crippen LogP) is 0.803. The van der Waals surface area contributed by atoms with E-state index >= 15 is 0 Å². The van der Waals surface area contributed by atoms with Crippen LogP contribution in [0, 0.1) is 0 Å². The van der Waals surface area contributed by atoms with Crippen LogP contribution in [0.3, 0.4) is 0 Å². The summed E-state index contributed by atoms with van der Waals surface area (Å²) < 4.78 is 57.5. The number of alkyl halides is 3. The van der Waals surface area contributed by atoms with Crippen molar-refractivity contribution in [3.05, 3.63) is 23.8 Å². The van der Waals surface area contributed by atoms with Gasteiger partial charge in [0.25, 0.3) is 5.91 Å². The summed E-state index contributed by atoms with van der Waals surface area (Å²) in [5.41, 5.74) is 1.69. The third kappa shape index (κ3) is 8.15. The van der Waals surface area contributed by atoms with Gasteiger partial charge in [0.05, 0.1) is 17.6 Å². The number of carbonyl (C=O) groups excluding carboxylic acids is 1. The first-order valence-electron chi connectivity index (χ1n) is 8.31. The zero-order chi connectivity index (χ0) is 22.4. The molecule has 1 fully saturated rings. The Labute approximate surface area is 166 Å². The summed E-state index contributed by atoms with van der Waals surface area (Å²) >= 11 is 0. The van der Waals surface area contributed by atoms with Gasteiger partial charge in [0.1, 0.15) is 0 Å². The van der Waals surface area contributed by atoms with E-state index in [1.807, 2.05) is 0 Å². The van der Waals surface area contributed by atoms with Crippen LogP contribution in [-0.2, 0) is 14.8 Å². The SMILES string of the molecule is CN(C)C(=O)c1ccc(N2CCNCC2)c(NS(C)(=O)=O)c1.O=C(O)C(F)(F)F. The minimum Gasteiger partial charge on any atom is -0.475 e. The number of carboxylic acid groups (broad SMARTS) is 1. The molecule has 0 unspecified atom stereocenters. The van der Waals surface area contributed by atoms with Crippen molar-refractivity contribution < 1.29 is 36.3 Å². The quantitative estimate of drug-likeness (QED) is 0.634. The molecule has 1 aromatic rings. The summed E-state index contributed by atoms with van der Waals surface area (Å²) in [5.74, 6) is -2.92. The van der Waals surface area contributed by atoms with E-state index in [0.717, 1.165) is 38.1 Å². The van der Waals surface area contributed by atoms with Gasteiger partial charge in [-0.05, 0) is 18.2 Å². The number of rotatable bonds is 4. The molecule has 1 saturated heterocycles. The normalized spacial score (nSPS) is 14.5. The van der Waals surface area contributed by atoms with E-state index in [4.69, 9.17) is 9.90 Å². The van der Waals surface area contributed by atoms with Crippen LogP contribution in [0.5, 0.6) is 0 Å². The van der Waals surface area contributed by atoms with Crippen molar-refractivity contribution in [2.45, 2.75) is 6.18 Å². The van der Waals surface area contributed by atoms with E-state index in [9.17, 15) is 26.4 Å². The van der Waals surface area contributed by atoms with Crippen molar-refractivity contribution in [2.24, 2.45) is 0 Å². The number of carbonyl (C=O) groups is 2. The Hall–Kier alpha value is -2.54. The van der Waals surface area contributed by atoms with Crippen molar-refractivity contribution in [1.29, 1.82) is 0 Å². The van der Waals surface area contributed by atoms with Crippen LogP contribution in [-0.4, -0.2) is 83.0 Å². The summed E-state index contributed by atoms with van der Waals surface area (Å²) in [4.78, 5) is 24.5. The number of halogens is 3. The molecule has 0 radical (unpaired) electrons. The standard InChI is InChI=1S/C14H22N4O3S.C2HF3O2/c1-17(2)14(19)11-4-5-13(18-8-6-15-7-9-18)12(10-11)16-22(3,20)21;3-2(4,5)1(6)7/h4-5,10,15-16H,6-9H2,1-3H3;(H,6,7). The molecule has 1 aliphatic rings. The summed E-state index contributed by atoms with van der Waals surface area (Å²) in [7, 11) is -0.0924. The van der Waals surface area contributed by atoms with E-state index in [-0.39, 0.29) is 5.91 Å². The molecular formula is C16H23F3N4O5S. The maximum atomic E-state index is 12.1. The molecule has 0 saturated carbocycles. The maximum absolute atomic E-state index is 12.1. The van der Waals surface area contributed by atoms with Gasteiger partial charge in [-0.2, -0.15) is 13.2 Å². The Balaban J connectivity index is 0.000000516. The fourth-order valence-corrected chi connectivity index (χ4v) is 2.95. The number of carboxylic acids is 1. The lowest BCUT2D eigenvalue weighted by Gasteiger charge is -2.31. The van der Waals surface area contributed by atoms with E-state index in [1.165, 1.54) is 4.90 Å². The highest BCUT2D eigenvalue weighted by Gasteiger charge is 2.38. The highest BCUT2D eigenvalue weighted by atomic mass is 32.2. The number of nitrogens with zero attached hydrogens (tertiary/aromatic N) is 2. The largest absolute Gasteiger partial charge is 0.490 e. The molecule has 0 aliphatic carbocycles. The Morgan fingerprint density at radius 2 is 1.72 bits per heavy atom. The van der Waals surface area contributed by atoms with Gasteiger partial charge < -0.3 is 20.2 Å². The molecule has 1 aliphatic heterocycles. The lowest BCUT2D eigenvalue weighted by molar-refractivity contribution is -0.192. The lowest BCUT2D eigenvalue weighted by atomic mass is 10.1. The van der Waals surface area contributed by atoms with Gasteiger partial charge >= 0.3 is 12.1 Å². The Kier molecular flexibility index (Phi) is 8.26. The summed E-state index contributed by atoms with van der Waals surface area (Å²) in [6.07, 6.45) is -3.98. The summed E-state index contributed by atoms with van der Waals surface area (Å²) in [5, 5.41) is 10.4. The summed E-state index contributed by atoms with van der Waals surface area (Å²) in [6.45, 7) is 3.27. The number of amides is 1. The zero-order valence-electron chi connectivity index (χ0n) is 16.1. The van der Waals surface area contributed by atoms with Crippen LogP contribution in [0.1, 0.15) is 10.4 Å². The van der Waals surface area contributed by atoms with Gasteiger partial charge in [0, 0.05) is 45.8 Å². The molecule has 164 valence electrons. The van der Waals surface area contributed by atoms with Crippen LogP contribution < -0.4 is 14.9 Å². The molecule has 2 rings (SSSR count). The number of anilines is 2. The number of piperazine rings is 1. The molecule has 1 amide bonds. The maximum Gasteiger partial charge on any atom is 0.490 e. The molecule has 1 aromatic carbocycles. The van der Waals surface area contributed by atoms with E-state index in [1.54, 1.807) is 32.3 Å². The van der Waals surface area contributed by atoms with Gasteiger partial charge in [-0.3, -0.25) is 9.52 Å². The van der Waals surface area contributed by atoms with Crippen molar-refractivity contribution in [3.8, 4) is 0 Å². The van der Waals surface area contributed by atoms with Crippen LogP contribution in [0.15, 0.2) is 18.2 Å². The highest BCUT2D eigenvalue weighted by molar-refractivity contribution is 7.92. The Morgan fingerprint density at radius 3 is 2.14 bits per heavy atom. The lowest BCUT2D eigenvalue weighted by Crippen LogP contribution is -2.43. The number of hydrogen-bond acceptors (Lipinski definition) is 6. The van der Waals surface area contributed by atoms with Crippen molar-refractivity contribution >= 4 is 33.3 Å². The first kappa shape index (κ1) is 24.5. The molecule has 9 nitrogen and oxygen atoms in total. The minimum atomic E-state index is -5.08. The van der Waals surface area contributed by atoms with Crippen molar-refractivity contribution in [3.63, 3.8) is 0 Å². The third-order valence-corrected chi connectivity index (χ3v) is 4.24. The third-order valence-electron chi connectivity index (χ3n) is 3.65. The van der Waals surface area contributed by atoms with E-state index < -0.39 is 22.2 Å². The minimum absolute atomic E-state index is 0.164. The number of hydrogen-bond donors (Lipinski definition) is 3. The Morgan fingerprint density at radius 1 is 1.21 bits per heavy atom. The average Bonchev–Trinajstić information content (AvgIpc) is 2.60. The fourth-order valence-electron chi connectivity index (χ4n) is 2.39. The number of sulfonamides is 1. The monoisotopic (exact) mass is 440 g/mol. The first-order chi connectivity index (χ1) is 13.2. The van der Waals surface area contributed by atoms with Crippen LogP contribution in [0.25, 0.3) is 0 Å². The predicted molar refractivity (Wildman–Crippen MR) is 102 cm³/mol. The van der Waals surface area contributed by atoms with Gasteiger partial charge in [-0.15, -0.1) is 0 Å². The van der Waals surface area contributed by atoms with E-state index in [0.29, 0.717) is 11.3 Å². The van der Waals surface area contributed by atoms with Gasteiger partial charge in [-0.25, -0.2) is 13.2 Å². The summed E-state index contributed by atoms with van der Waals surface area (Å²) in [6, 6.07) is 5.13. The second-order valence-corrected chi connectivity index (χ2v) is 8.09. The van der Waals surface area contributed by atoms with Gasteiger partial charge in [0.2, 0.25) is 10.0 Å². The second kappa shape index (κ2) is 9.78. The zero-order valence-corrected chi connectivity index (χ0v) is 16.9. The molecule has 1 heterocycles. The van der Waals surface area contributed by atoms with Crippen LogP contribution in [0.4, 0.5) is 24.5 Å². The Bertz CT molecular complexity index is 837. The molecule has 0 spiro atoms. The van der Waals surface area contributed by atoms with E-state index in [2.05, 4.69) is 14.9 Å². The molecule has 0 bridgehead atoms. The smallest absolute Gasteiger partial charge is 0.475 e. The average molecular weight is 440 g/mol. The topological polar surface area (TPSA) is 119 Å². The molecular weight excluding hydrogens is 417 g/mol. The molecule has 13 heteroatoms. The second-order valence-electron chi connectivity index (χ2n) is 6.35. The molecule has 0 atom stereocenters. The molecule has 3 N–H and O–H groups in total.